The lowest BCUT2D eigenvalue weighted by molar-refractivity contribution is 0.00378. The molecule has 0 rings (SSSR count). The minimum absolute atomic E-state index is 0.206. The zero-order valence-corrected chi connectivity index (χ0v) is 8.05. The summed E-state index contributed by atoms with van der Waals surface area (Å²) in [5, 5.41) is 0. The minimum Gasteiger partial charge on any atom is -0.207 e. The van der Waals surface area contributed by atoms with E-state index in [1.807, 2.05) is 0 Å². The molecule has 0 unspecified atom stereocenters. The molecule has 0 fully saturated rings. The molecule has 0 aromatic carbocycles. The first-order chi connectivity index (χ1) is 5.71. The van der Waals surface area contributed by atoms with Crippen molar-refractivity contribution in [3.05, 3.63) is 0 Å². The molecular weight excluding hydrogens is 184 g/mol. The first kappa shape index (κ1) is 12.7. The van der Waals surface area contributed by atoms with Crippen molar-refractivity contribution >= 4 is 0 Å². The quantitative estimate of drug-likeness (QED) is 0.444. The van der Waals surface area contributed by atoms with E-state index in [0.717, 1.165) is 13.8 Å². The average Bonchev–Trinajstić information content (AvgIpc) is 1.81. The van der Waals surface area contributed by atoms with Crippen molar-refractivity contribution in [3.8, 4) is 0 Å². The second kappa shape index (κ2) is 4.82. The predicted molar refractivity (Wildman–Crippen MR) is 44.3 cm³/mol. The minimum atomic E-state index is -2.66. The second-order valence-electron chi connectivity index (χ2n) is 3.70. The maximum absolute atomic E-state index is 12.2. The van der Waals surface area contributed by atoms with E-state index in [9.17, 15) is 17.6 Å². The lowest BCUT2D eigenvalue weighted by Gasteiger charge is -2.11. The van der Waals surface area contributed by atoms with E-state index < -0.39 is 11.8 Å². The van der Waals surface area contributed by atoms with Gasteiger partial charge in [-0.3, -0.25) is 0 Å². The molecule has 0 aliphatic rings. The Bertz CT molecular complexity index is 116. The number of hydrogen-bond acceptors (Lipinski definition) is 0. The van der Waals surface area contributed by atoms with Gasteiger partial charge in [0.25, 0.3) is 0 Å². The Morgan fingerprint density at radius 1 is 0.692 bits per heavy atom. The Balaban J connectivity index is 3.28. The zero-order valence-electron chi connectivity index (χ0n) is 8.05. The molecule has 0 radical (unpaired) electrons. The molecule has 0 atom stereocenters. The summed E-state index contributed by atoms with van der Waals surface area (Å²) < 4.78 is 48.9. The second-order valence-corrected chi connectivity index (χ2v) is 3.70. The normalized spacial score (nSPS) is 13.4. The third kappa shape index (κ3) is 11.7. The summed E-state index contributed by atoms with van der Waals surface area (Å²) in [6, 6.07) is 0. The van der Waals surface area contributed by atoms with Crippen LogP contribution in [0.1, 0.15) is 46.0 Å². The molecule has 0 aromatic rings. The van der Waals surface area contributed by atoms with E-state index in [4.69, 9.17) is 0 Å². The van der Waals surface area contributed by atoms with Gasteiger partial charge in [-0.25, -0.2) is 17.6 Å². The van der Waals surface area contributed by atoms with Crippen LogP contribution in [-0.2, 0) is 0 Å². The highest BCUT2D eigenvalue weighted by Gasteiger charge is 2.22. The molecule has 0 heterocycles. The maximum Gasteiger partial charge on any atom is 0.245 e. The fourth-order valence-corrected chi connectivity index (χ4v) is 1.05. The van der Waals surface area contributed by atoms with Gasteiger partial charge in [0.05, 0.1) is 0 Å². The van der Waals surface area contributed by atoms with Gasteiger partial charge in [0.2, 0.25) is 11.8 Å². The van der Waals surface area contributed by atoms with Crippen LogP contribution < -0.4 is 0 Å². The Labute approximate surface area is 76.3 Å². The molecule has 0 aliphatic heterocycles. The van der Waals surface area contributed by atoms with Crippen LogP contribution in [0.15, 0.2) is 0 Å². The maximum atomic E-state index is 12.2. The van der Waals surface area contributed by atoms with Crippen LogP contribution in [0.4, 0.5) is 17.6 Å². The summed E-state index contributed by atoms with van der Waals surface area (Å²) in [6.45, 7) is 1.70. The van der Waals surface area contributed by atoms with Crippen molar-refractivity contribution in [2.24, 2.45) is 0 Å². The van der Waals surface area contributed by atoms with Crippen molar-refractivity contribution in [3.63, 3.8) is 0 Å². The van der Waals surface area contributed by atoms with Crippen molar-refractivity contribution in [1.29, 1.82) is 0 Å². The van der Waals surface area contributed by atoms with Crippen LogP contribution in [-0.4, -0.2) is 11.8 Å². The van der Waals surface area contributed by atoms with Crippen LogP contribution >= 0.6 is 0 Å². The van der Waals surface area contributed by atoms with E-state index in [2.05, 4.69) is 0 Å². The third-order valence-electron chi connectivity index (χ3n) is 1.73. The van der Waals surface area contributed by atoms with Gasteiger partial charge in [-0.05, 0) is 26.7 Å². The van der Waals surface area contributed by atoms with Gasteiger partial charge >= 0.3 is 0 Å². The van der Waals surface area contributed by atoms with Gasteiger partial charge in [0.15, 0.2) is 0 Å². The molecule has 0 spiro atoms. The smallest absolute Gasteiger partial charge is 0.207 e. The van der Waals surface area contributed by atoms with Gasteiger partial charge in [-0.1, -0.05) is 6.42 Å². The van der Waals surface area contributed by atoms with Gasteiger partial charge in [-0.15, -0.1) is 0 Å². The van der Waals surface area contributed by atoms with Crippen molar-refractivity contribution < 1.29 is 17.6 Å². The van der Waals surface area contributed by atoms with E-state index in [1.54, 1.807) is 0 Å². The SMILES string of the molecule is CC(F)(F)CCCCCC(C)(F)F. The molecule has 0 amide bonds. The van der Waals surface area contributed by atoms with E-state index in [1.165, 1.54) is 0 Å². The highest BCUT2D eigenvalue weighted by atomic mass is 19.3. The summed E-state index contributed by atoms with van der Waals surface area (Å²) in [5.41, 5.74) is 0. The lowest BCUT2D eigenvalue weighted by atomic mass is 10.1. The number of halogens is 4. The Kier molecular flexibility index (Phi) is 4.71. The van der Waals surface area contributed by atoms with Gasteiger partial charge < -0.3 is 0 Å². The molecule has 0 aromatic heterocycles. The molecular formula is C9H16F4. The van der Waals surface area contributed by atoms with Crippen molar-refractivity contribution in [1.82, 2.24) is 0 Å². The Hall–Kier alpha value is -0.280. The number of alkyl halides is 4. The highest BCUT2D eigenvalue weighted by molar-refractivity contribution is 4.61. The number of rotatable bonds is 6. The molecule has 0 aliphatic carbocycles. The van der Waals surface area contributed by atoms with Crippen molar-refractivity contribution in [2.75, 3.05) is 0 Å². The molecule has 0 bridgehead atoms. The topological polar surface area (TPSA) is 0 Å². The highest BCUT2D eigenvalue weighted by Crippen LogP contribution is 2.23. The van der Waals surface area contributed by atoms with Crippen LogP contribution in [0, 0.1) is 0 Å². The summed E-state index contributed by atoms with van der Waals surface area (Å²) in [5.74, 6) is -5.32. The summed E-state index contributed by atoms with van der Waals surface area (Å²) in [6.07, 6.45) is 0.677. The molecule has 13 heavy (non-hydrogen) atoms. The first-order valence-electron chi connectivity index (χ1n) is 4.46. The van der Waals surface area contributed by atoms with Gasteiger partial charge in [-0.2, -0.15) is 0 Å². The first-order valence-corrected chi connectivity index (χ1v) is 4.46. The standard InChI is InChI=1S/C9H16F4/c1-8(10,11)6-4-3-5-7-9(2,12)13/h3-7H2,1-2H3. The molecule has 0 nitrogen and oxygen atoms in total. The van der Waals surface area contributed by atoms with Crippen LogP contribution in [0.3, 0.4) is 0 Å². The molecule has 4 heteroatoms. The zero-order chi connectivity index (χ0) is 10.5. The average molecular weight is 200 g/mol. The molecule has 0 saturated heterocycles. The summed E-state index contributed by atoms with van der Waals surface area (Å²) in [4.78, 5) is 0. The summed E-state index contributed by atoms with van der Waals surface area (Å²) >= 11 is 0. The van der Waals surface area contributed by atoms with E-state index >= 15 is 0 Å². The van der Waals surface area contributed by atoms with Gasteiger partial charge in [0, 0.05) is 12.8 Å². The number of hydrogen-bond donors (Lipinski definition) is 0. The Morgan fingerprint density at radius 3 is 1.23 bits per heavy atom. The lowest BCUT2D eigenvalue weighted by Crippen LogP contribution is -2.10. The third-order valence-corrected chi connectivity index (χ3v) is 1.73. The van der Waals surface area contributed by atoms with E-state index in [0.29, 0.717) is 19.3 Å². The van der Waals surface area contributed by atoms with E-state index in [-0.39, 0.29) is 12.8 Å². The fraction of sp³-hybridized carbons (Fsp3) is 1.00. The fourth-order valence-electron chi connectivity index (χ4n) is 1.05. The molecule has 0 N–H and O–H groups in total. The van der Waals surface area contributed by atoms with Crippen LogP contribution in [0.5, 0.6) is 0 Å². The molecule has 80 valence electrons. The monoisotopic (exact) mass is 200 g/mol. The van der Waals surface area contributed by atoms with Gasteiger partial charge in [0.1, 0.15) is 0 Å². The van der Waals surface area contributed by atoms with Crippen LogP contribution in [0.2, 0.25) is 0 Å². The largest absolute Gasteiger partial charge is 0.245 e. The predicted octanol–water partition coefficient (Wildman–Crippen LogP) is 4.25. The Morgan fingerprint density at radius 2 is 1.00 bits per heavy atom. The van der Waals surface area contributed by atoms with Crippen molar-refractivity contribution in [2.45, 2.75) is 57.8 Å². The summed E-state index contributed by atoms with van der Waals surface area (Å²) in [7, 11) is 0. The van der Waals surface area contributed by atoms with Crippen LogP contribution in [0.25, 0.3) is 0 Å². The number of unbranched alkanes of at least 4 members (excludes halogenated alkanes) is 2. The molecule has 0 saturated carbocycles.